The van der Waals surface area contributed by atoms with Gasteiger partial charge in [-0.05, 0) is 52.4 Å². The second kappa shape index (κ2) is 9.33. The SMILES string of the molecule is CS(=O)(=O)c1ccc(C(=CC2CCCCCC2)C(=O)Nc2ncc(Br)s2)cc1. The van der Waals surface area contributed by atoms with Gasteiger partial charge in [-0.15, -0.1) is 0 Å². The lowest BCUT2D eigenvalue weighted by molar-refractivity contribution is -0.111. The molecule has 0 spiro atoms. The zero-order valence-electron chi connectivity index (χ0n) is 15.7. The first-order chi connectivity index (χ1) is 13.3. The fraction of sp³-hybridized carbons (Fsp3) is 0.400. The molecule has 0 atom stereocenters. The molecule has 1 fully saturated rings. The molecule has 0 radical (unpaired) electrons. The van der Waals surface area contributed by atoms with Crippen LogP contribution in [0.2, 0.25) is 0 Å². The number of halogens is 1. The lowest BCUT2D eigenvalue weighted by atomic mass is 9.94. The average Bonchev–Trinajstić information content (AvgIpc) is 2.90. The van der Waals surface area contributed by atoms with Crippen molar-refractivity contribution >= 4 is 53.7 Å². The molecule has 1 aromatic heterocycles. The summed E-state index contributed by atoms with van der Waals surface area (Å²) in [5, 5.41) is 3.39. The van der Waals surface area contributed by atoms with Gasteiger partial charge in [0, 0.05) is 11.8 Å². The molecule has 1 N–H and O–H groups in total. The van der Waals surface area contributed by atoms with E-state index in [9.17, 15) is 13.2 Å². The number of nitrogens with zero attached hydrogens (tertiary/aromatic N) is 1. The summed E-state index contributed by atoms with van der Waals surface area (Å²) in [5.41, 5.74) is 1.28. The summed E-state index contributed by atoms with van der Waals surface area (Å²) in [6.45, 7) is 0. The monoisotopic (exact) mass is 482 g/mol. The number of hydrogen-bond acceptors (Lipinski definition) is 5. The first-order valence-corrected chi connectivity index (χ1v) is 12.8. The van der Waals surface area contributed by atoms with E-state index in [1.807, 2.05) is 0 Å². The van der Waals surface area contributed by atoms with Gasteiger partial charge in [-0.25, -0.2) is 13.4 Å². The largest absolute Gasteiger partial charge is 0.298 e. The Morgan fingerprint density at radius 3 is 2.36 bits per heavy atom. The highest BCUT2D eigenvalue weighted by molar-refractivity contribution is 9.11. The Kier molecular flexibility index (Phi) is 7.06. The van der Waals surface area contributed by atoms with Crippen molar-refractivity contribution in [3.63, 3.8) is 0 Å². The van der Waals surface area contributed by atoms with Gasteiger partial charge >= 0.3 is 0 Å². The van der Waals surface area contributed by atoms with Crippen LogP contribution in [0, 0.1) is 5.92 Å². The van der Waals surface area contributed by atoms with Crippen LogP contribution in [0.1, 0.15) is 44.1 Å². The second-order valence-electron chi connectivity index (χ2n) is 7.05. The van der Waals surface area contributed by atoms with Crippen LogP contribution in [0.25, 0.3) is 5.57 Å². The minimum absolute atomic E-state index is 0.224. The molecule has 8 heteroatoms. The zero-order chi connectivity index (χ0) is 20.1. The number of sulfone groups is 1. The third-order valence-electron chi connectivity index (χ3n) is 4.84. The number of carbonyl (C=O) groups excluding carboxylic acids is 1. The van der Waals surface area contributed by atoms with Gasteiger partial charge in [0.05, 0.1) is 14.9 Å². The summed E-state index contributed by atoms with van der Waals surface area (Å²) in [5.74, 6) is 0.124. The molecular weight excluding hydrogens is 460 g/mol. The summed E-state index contributed by atoms with van der Waals surface area (Å²) in [7, 11) is -3.28. The smallest absolute Gasteiger partial charge is 0.257 e. The fourth-order valence-electron chi connectivity index (χ4n) is 3.37. The number of anilines is 1. The molecule has 1 saturated carbocycles. The normalized spacial score (nSPS) is 16.6. The lowest BCUT2D eigenvalue weighted by Crippen LogP contribution is -2.15. The summed E-state index contributed by atoms with van der Waals surface area (Å²) in [4.78, 5) is 17.4. The third-order valence-corrected chi connectivity index (χ3v) is 7.36. The van der Waals surface area contributed by atoms with E-state index in [-0.39, 0.29) is 10.8 Å². The van der Waals surface area contributed by atoms with E-state index in [0.717, 1.165) is 16.6 Å². The van der Waals surface area contributed by atoms with Gasteiger partial charge < -0.3 is 0 Å². The van der Waals surface area contributed by atoms with E-state index < -0.39 is 9.84 Å². The van der Waals surface area contributed by atoms with Gasteiger partial charge in [-0.3, -0.25) is 10.1 Å². The van der Waals surface area contributed by atoms with Crippen LogP contribution in [0.5, 0.6) is 0 Å². The van der Waals surface area contributed by atoms with Crippen molar-refractivity contribution in [1.82, 2.24) is 4.98 Å². The molecule has 2 aromatic rings. The minimum Gasteiger partial charge on any atom is -0.298 e. The summed E-state index contributed by atoms with van der Waals surface area (Å²) in [6.07, 6.45) is 11.8. The van der Waals surface area contributed by atoms with Gasteiger partial charge in [0.2, 0.25) is 0 Å². The first kappa shape index (κ1) is 21.2. The minimum atomic E-state index is -3.28. The van der Waals surface area contributed by atoms with E-state index in [1.54, 1.807) is 30.5 Å². The van der Waals surface area contributed by atoms with Crippen LogP contribution in [0.4, 0.5) is 5.13 Å². The summed E-state index contributed by atoms with van der Waals surface area (Å²) >= 11 is 4.70. The predicted octanol–water partition coefficient (Wildman–Crippen LogP) is 5.30. The van der Waals surface area contributed by atoms with Gasteiger partial charge in [0.25, 0.3) is 5.91 Å². The quantitative estimate of drug-likeness (QED) is 0.463. The third kappa shape index (κ3) is 5.75. The van der Waals surface area contributed by atoms with Crippen LogP contribution >= 0.6 is 27.3 Å². The average molecular weight is 483 g/mol. The Bertz CT molecular complexity index is 958. The molecule has 5 nitrogen and oxygen atoms in total. The molecule has 0 saturated heterocycles. The molecule has 0 bridgehead atoms. The summed E-state index contributed by atoms with van der Waals surface area (Å²) < 4.78 is 24.3. The Labute approximate surface area is 178 Å². The Morgan fingerprint density at radius 1 is 1.18 bits per heavy atom. The molecule has 3 rings (SSSR count). The molecule has 1 aliphatic rings. The van der Waals surface area contributed by atoms with Crippen molar-refractivity contribution in [3.05, 3.63) is 45.9 Å². The number of thiazole rings is 1. The highest BCUT2D eigenvalue weighted by Gasteiger charge is 2.19. The molecule has 28 heavy (non-hydrogen) atoms. The van der Waals surface area contributed by atoms with Crippen molar-refractivity contribution in [2.45, 2.75) is 43.4 Å². The Hall–Kier alpha value is -1.51. The van der Waals surface area contributed by atoms with Gasteiger partial charge in [-0.1, -0.05) is 55.2 Å². The highest BCUT2D eigenvalue weighted by atomic mass is 79.9. The second-order valence-corrected chi connectivity index (χ2v) is 11.5. The van der Waals surface area contributed by atoms with E-state index in [2.05, 4.69) is 32.3 Å². The molecule has 0 aliphatic heterocycles. The maximum atomic E-state index is 13.0. The van der Waals surface area contributed by atoms with Crippen molar-refractivity contribution in [3.8, 4) is 0 Å². The molecular formula is C20H23BrN2O3S2. The van der Waals surface area contributed by atoms with E-state index in [1.165, 1.54) is 43.3 Å². The molecule has 1 heterocycles. The van der Waals surface area contributed by atoms with Gasteiger partial charge in [-0.2, -0.15) is 0 Å². The first-order valence-electron chi connectivity index (χ1n) is 9.28. The van der Waals surface area contributed by atoms with Gasteiger partial charge in [0.15, 0.2) is 15.0 Å². The number of benzene rings is 1. The molecule has 1 aliphatic carbocycles. The Balaban J connectivity index is 1.92. The predicted molar refractivity (Wildman–Crippen MR) is 117 cm³/mol. The van der Waals surface area contributed by atoms with Crippen LogP contribution in [-0.4, -0.2) is 25.6 Å². The number of allylic oxidation sites excluding steroid dienone is 1. The maximum Gasteiger partial charge on any atom is 0.257 e. The maximum absolute atomic E-state index is 13.0. The van der Waals surface area contributed by atoms with Crippen molar-refractivity contribution in [1.29, 1.82) is 0 Å². The van der Waals surface area contributed by atoms with Crippen molar-refractivity contribution in [2.24, 2.45) is 5.92 Å². The molecule has 1 aromatic carbocycles. The number of aromatic nitrogens is 1. The van der Waals surface area contributed by atoms with Crippen LogP contribution in [-0.2, 0) is 14.6 Å². The zero-order valence-corrected chi connectivity index (χ0v) is 18.9. The number of rotatable bonds is 5. The molecule has 1 amide bonds. The van der Waals surface area contributed by atoms with Crippen molar-refractivity contribution < 1.29 is 13.2 Å². The molecule has 0 unspecified atom stereocenters. The van der Waals surface area contributed by atoms with Crippen LogP contribution < -0.4 is 5.32 Å². The van der Waals surface area contributed by atoms with Crippen molar-refractivity contribution in [2.75, 3.05) is 11.6 Å². The number of carbonyl (C=O) groups is 1. The fourth-order valence-corrected chi connectivity index (χ4v) is 5.11. The Morgan fingerprint density at radius 2 is 1.82 bits per heavy atom. The number of amides is 1. The van der Waals surface area contributed by atoms with Crippen LogP contribution in [0.15, 0.2) is 45.2 Å². The number of hydrogen-bond donors (Lipinski definition) is 1. The lowest BCUT2D eigenvalue weighted by Gasteiger charge is -2.14. The van der Waals surface area contributed by atoms with E-state index in [4.69, 9.17) is 0 Å². The standard InChI is InChI=1S/C20H23BrN2O3S2/c1-28(25,26)16-10-8-15(9-11-16)17(12-14-6-4-2-3-5-7-14)19(24)23-20-22-13-18(21)27-20/h8-14H,2-7H2,1H3,(H,22,23,24). The van der Waals surface area contributed by atoms with Gasteiger partial charge in [0.1, 0.15) is 0 Å². The van der Waals surface area contributed by atoms with E-state index in [0.29, 0.717) is 22.2 Å². The molecule has 150 valence electrons. The van der Waals surface area contributed by atoms with E-state index >= 15 is 0 Å². The van der Waals surface area contributed by atoms with Crippen LogP contribution in [0.3, 0.4) is 0 Å². The highest BCUT2D eigenvalue weighted by Crippen LogP contribution is 2.29. The topological polar surface area (TPSA) is 76.1 Å². The number of nitrogens with one attached hydrogen (secondary N) is 1. The summed E-state index contributed by atoms with van der Waals surface area (Å²) in [6, 6.07) is 6.52.